The molecular weight excluding hydrogens is 723 g/mol. The zero-order chi connectivity index (χ0) is 38.6. The maximum Gasteiger partial charge on any atom is 0.161 e. The van der Waals surface area contributed by atoms with Crippen LogP contribution in [-0.4, -0.2) is 9.97 Å². The van der Waals surface area contributed by atoms with Crippen LogP contribution in [0.5, 0.6) is 0 Å². The fourth-order valence-electron chi connectivity index (χ4n) is 9.13. The Kier molecular flexibility index (Phi) is 8.03. The molecule has 0 radical (unpaired) electrons. The van der Waals surface area contributed by atoms with E-state index in [9.17, 15) is 5.26 Å². The van der Waals surface area contributed by atoms with E-state index in [4.69, 9.17) is 9.97 Å². The van der Waals surface area contributed by atoms with Gasteiger partial charge in [0, 0.05) is 26.5 Å². The molecule has 2 heterocycles. The van der Waals surface area contributed by atoms with Crippen molar-refractivity contribution in [2.75, 3.05) is 0 Å². The molecule has 4 heteroatoms. The molecule has 1 spiro atoms. The molecule has 2 aliphatic rings. The number of hydrogen-bond acceptors (Lipinski definition) is 4. The summed E-state index contributed by atoms with van der Waals surface area (Å²) < 4.78 is 0. The highest BCUT2D eigenvalue weighted by Gasteiger charge is 2.51. The second-order valence-electron chi connectivity index (χ2n) is 14.8. The van der Waals surface area contributed by atoms with Gasteiger partial charge in [-0.3, -0.25) is 0 Å². The summed E-state index contributed by atoms with van der Waals surface area (Å²) >= 11 is 1.84. The van der Waals surface area contributed by atoms with Gasteiger partial charge >= 0.3 is 0 Å². The van der Waals surface area contributed by atoms with E-state index < -0.39 is 5.41 Å². The summed E-state index contributed by atoms with van der Waals surface area (Å²) in [7, 11) is 0. The molecule has 0 saturated heterocycles. The van der Waals surface area contributed by atoms with Gasteiger partial charge < -0.3 is 0 Å². The minimum Gasteiger partial charge on any atom is -0.228 e. The molecule has 58 heavy (non-hydrogen) atoms. The van der Waals surface area contributed by atoms with Crippen molar-refractivity contribution in [2.24, 2.45) is 0 Å². The Hall–Kier alpha value is -7.32. The third-order valence-corrected chi connectivity index (χ3v) is 12.7. The minimum atomic E-state index is -0.605. The van der Waals surface area contributed by atoms with E-state index in [1.807, 2.05) is 42.1 Å². The first-order valence-corrected chi connectivity index (χ1v) is 20.3. The van der Waals surface area contributed by atoms with Crippen LogP contribution in [0, 0.1) is 11.3 Å². The van der Waals surface area contributed by atoms with Crippen LogP contribution in [0.2, 0.25) is 0 Å². The summed E-state index contributed by atoms with van der Waals surface area (Å²) in [5.74, 6) is 0.661. The number of nitrogens with zero attached hydrogens (tertiary/aromatic N) is 3. The van der Waals surface area contributed by atoms with Gasteiger partial charge in [0.05, 0.1) is 28.4 Å². The number of fused-ring (bicyclic) bond motifs is 9. The van der Waals surface area contributed by atoms with Crippen LogP contribution in [0.15, 0.2) is 210 Å². The topological polar surface area (TPSA) is 49.6 Å². The zero-order valence-corrected chi connectivity index (χ0v) is 32.1. The molecule has 1 aromatic heterocycles. The highest BCUT2D eigenvalue weighted by atomic mass is 32.2. The van der Waals surface area contributed by atoms with E-state index in [-0.39, 0.29) is 0 Å². The first kappa shape index (κ1) is 34.0. The SMILES string of the molecule is N#Cc1cccc(-c2cccc3c2-c2c(-c4nc(-c5ccccc5)cc(-c5cccc(-c6ccccc6)c5)n4)cccc2C32c3ccccc3Sc3ccccc32)c1. The Morgan fingerprint density at radius 3 is 1.59 bits per heavy atom. The van der Waals surface area contributed by atoms with Gasteiger partial charge in [0.1, 0.15) is 0 Å². The van der Waals surface area contributed by atoms with E-state index in [1.165, 1.54) is 32.0 Å². The minimum absolute atomic E-state index is 0.605. The quantitative estimate of drug-likeness (QED) is 0.175. The first-order valence-electron chi connectivity index (χ1n) is 19.5. The molecule has 11 rings (SSSR count). The highest BCUT2D eigenvalue weighted by Crippen LogP contribution is 2.64. The van der Waals surface area contributed by atoms with E-state index in [2.05, 4.69) is 176 Å². The average Bonchev–Trinajstić information content (AvgIpc) is 3.60. The van der Waals surface area contributed by atoms with Crippen molar-refractivity contribution in [2.45, 2.75) is 15.2 Å². The Morgan fingerprint density at radius 1 is 0.397 bits per heavy atom. The maximum atomic E-state index is 10.0. The number of benzene rings is 8. The predicted octanol–water partition coefficient (Wildman–Crippen LogP) is 13.5. The van der Waals surface area contributed by atoms with Crippen LogP contribution in [0.25, 0.3) is 67.3 Å². The van der Waals surface area contributed by atoms with Gasteiger partial charge in [0.25, 0.3) is 0 Å². The summed E-state index contributed by atoms with van der Waals surface area (Å²) in [6.07, 6.45) is 0. The van der Waals surface area contributed by atoms with Crippen LogP contribution in [0.3, 0.4) is 0 Å². The smallest absolute Gasteiger partial charge is 0.161 e. The monoisotopic (exact) mass is 755 g/mol. The van der Waals surface area contributed by atoms with Crippen LogP contribution in [0.4, 0.5) is 0 Å². The summed E-state index contributed by atoms with van der Waals surface area (Å²) in [5, 5.41) is 10.0. The van der Waals surface area contributed by atoms with Crippen LogP contribution < -0.4 is 0 Å². The molecule has 0 N–H and O–H groups in total. The largest absolute Gasteiger partial charge is 0.228 e. The van der Waals surface area contributed by atoms with Crippen LogP contribution in [0.1, 0.15) is 27.8 Å². The molecule has 0 amide bonds. The Balaban J connectivity index is 1.24. The van der Waals surface area contributed by atoms with Crippen LogP contribution >= 0.6 is 11.8 Å². The second-order valence-corrected chi connectivity index (χ2v) is 15.9. The Bertz CT molecular complexity index is 3060. The van der Waals surface area contributed by atoms with Crippen molar-refractivity contribution in [3.63, 3.8) is 0 Å². The Morgan fingerprint density at radius 2 is 0.897 bits per heavy atom. The summed E-state index contributed by atoms with van der Waals surface area (Å²) in [5.41, 5.74) is 16.3. The predicted molar refractivity (Wildman–Crippen MR) is 235 cm³/mol. The number of hydrogen-bond donors (Lipinski definition) is 0. The van der Waals surface area contributed by atoms with Crippen molar-refractivity contribution >= 4 is 11.8 Å². The van der Waals surface area contributed by atoms with E-state index in [0.29, 0.717) is 11.4 Å². The lowest BCUT2D eigenvalue weighted by atomic mass is 9.67. The molecule has 8 aromatic carbocycles. The molecule has 1 aliphatic heterocycles. The van der Waals surface area contributed by atoms with E-state index in [0.717, 1.165) is 61.5 Å². The van der Waals surface area contributed by atoms with Gasteiger partial charge in [0.2, 0.25) is 0 Å². The lowest BCUT2D eigenvalue weighted by Gasteiger charge is -2.39. The molecule has 270 valence electrons. The summed E-state index contributed by atoms with van der Waals surface area (Å²) in [4.78, 5) is 13.4. The van der Waals surface area contributed by atoms with Crippen LogP contribution in [-0.2, 0) is 5.41 Å². The van der Waals surface area contributed by atoms with Gasteiger partial charge in [-0.05, 0) is 92.0 Å². The van der Waals surface area contributed by atoms with Gasteiger partial charge in [0.15, 0.2) is 5.82 Å². The lowest BCUT2D eigenvalue weighted by molar-refractivity contribution is 0.722. The van der Waals surface area contributed by atoms with Gasteiger partial charge in [-0.2, -0.15) is 5.26 Å². The zero-order valence-electron chi connectivity index (χ0n) is 31.3. The standard InChI is InChI=1S/C54H33N3S/c55-34-35-15-11-21-39(31-35)41-23-13-27-45-51(41)52-42(24-14-28-46(52)54(45)43-25-7-9-29-49(43)58-50-30-10-8-26-44(50)54)53-56-47(37-18-5-2-6-19-37)33-48(57-53)40-22-12-20-38(32-40)36-16-3-1-4-17-36/h1-33H. The van der Waals surface area contributed by atoms with Crippen molar-refractivity contribution < 1.29 is 0 Å². The third kappa shape index (κ3) is 5.29. The van der Waals surface area contributed by atoms with Gasteiger partial charge in [-0.1, -0.05) is 176 Å². The first-order chi connectivity index (χ1) is 28.7. The summed E-state index contributed by atoms with van der Waals surface area (Å²) in [6.45, 7) is 0. The van der Waals surface area contributed by atoms with Crippen molar-refractivity contribution in [1.29, 1.82) is 5.26 Å². The normalized spacial score (nSPS) is 12.9. The molecule has 3 nitrogen and oxygen atoms in total. The van der Waals surface area contributed by atoms with E-state index >= 15 is 0 Å². The molecule has 0 unspecified atom stereocenters. The van der Waals surface area contributed by atoms with E-state index in [1.54, 1.807) is 0 Å². The van der Waals surface area contributed by atoms with Crippen molar-refractivity contribution in [3.05, 3.63) is 228 Å². The van der Waals surface area contributed by atoms with Crippen molar-refractivity contribution in [3.8, 4) is 73.4 Å². The molecule has 0 saturated carbocycles. The second kappa shape index (κ2) is 13.7. The molecular formula is C54H33N3S. The van der Waals surface area contributed by atoms with Gasteiger partial charge in [-0.25, -0.2) is 9.97 Å². The third-order valence-electron chi connectivity index (χ3n) is 11.6. The Labute approximate surface area is 342 Å². The fraction of sp³-hybridized carbons (Fsp3) is 0.0185. The lowest BCUT2D eigenvalue weighted by Crippen LogP contribution is -2.31. The average molecular weight is 756 g/mol. The molecule has 0 bridgehead atoms. The highest BCUT2D eigenvalue weighted by molar-refractivity contribution is 7.99. The number of nitriles is 1. The molecule has 0 fully saturated rings. The molecule has 1 aliphatic carbocycles. The summed E-state index contributed by atoms with van der Waals surface area (Å²) in [6, 6.07) is 73.1. The molecule has 9 aromatic rings. The molecule has 0 atom stereocenters. The number of rotatable bonds is 5. The fourth-order valence-corrected chi connectivity index (χ4v) is 10.3. The van der Waals surface area contributed by atoms with Gasteiger partial charge in [-0.15, -0.1) is 0 Å². The number of aromatic nitrogens is 2. The van der Waals surface area contributed by atoms with Crippen molar-refractivity contribution in [1.82, 2.24) is 9.97 Å². The maximum absolute atomic E-state index is 10.0.